The molecule has 0 bridgehead atoms. The number of benzene rings is 2. The fourth-order valence-corrected chi connectivity index (χ4v) is 2.06. The maximum Gasteiger partial charge on any atom is 0.247 e. The highest BCUT2D eigenvalue weighted by Gasteiger charge is 2.10. The number of nitrogens with zero attached hydrogens (tertiary/aromatic N) is 2. The number of rotatable bonds is 5. The van der Waals surface area contributed by atoms with Gasteiger partial charge < -0.3 is 9.73 Å². The molecule has 0 aliphatic heterocycles. The van der Waals surface area contributed by atoms with Crippen molar-refractivity contribution in [2.45, 2.75) is 12.8 Å². The molecule has 6 heteroatoms. The molecule has 0 aliphatic carbocycles. The van der Waals surface area contributed by atoms with Crippen LogP contribution >= 0.6 is 0 Å². The monoisotopic (exact) mass is 311 g/mol. The van der Waals surface area contributed by atoms with Crippen LogP contribution in [-0.4, -0.2) is 16.1 Å². The zero-order valence-corrected chi connectivity index (χ0v) is 12.2. The normalized spacial score (nSPS) is 10.5. The Balaban J connectivity index is 1.56. The van der Waals surface area contributed by atoms with E-state index in [9.17, 15) is 9.18 Å². The quantitative estimate of drug-likeness (QED) is 0.783. The third-order valence-corrected chi connectivity index (χ3v) is 3.16. The highest BCUT2D eigenvalue weighted by atomic mass is 19.1. The van der Waals surface area contributed by atoms with E-state index in [4.69, 9.17) is 4.42 Å². The van der Waals surface area contributed by atoms with Crippen molar-refractivity contribution < 1.29 is 13.6 Å². The van der Waals surface area contributed by atoms with Crippen molar-refractivity contribution >= 4 is 11.6 Å². The molecule has 1 N–H and O–H groups in total. The topological polar surface area (TPSA) is 68.0 Å². The lowest BCUT2D eigenvalue weighted by molar-refractivity contribution is -0.116. The second-order valence-electron chi connectivity index (χ2n) is 4.93. The minimum absolute atomic E-state index is 0.174. The molecule has 0 saturated heterocycles. The zero-order chi connectivity index (χ0) is 16.1. The molecule has 0 unspecified atom stereocenters. The SMILES string of the molecule is O=C(CCc1nnc(-c2ccccc2)o1)Nc1cccc(F)c1. The first-order valence-corrected chi connectivity index (χ1v) is 7.14. The van der Waals surface area contributed by atoms with Gasteiger partial charge in [-0.05, 0) is 30.3 Å². The summed E-state index contributed by atoms with van der Waals surface area (Å²) in [5, 5.41) is 10.5. The lowest BCUT2D eigenvalue weighted by Crippen LogP contribution is -2.12. The van der Waals surface area contributed by atoms with Gasteiger partial charge in [-0.25, -0.2) is 4.39 Å². The predicted molar refractivity (Wildman–Crippen MR) is 83.1 cm³/mol. The summed E-state index contributed by atoms with van der Waals surface area (Å²) in [5.41, 5.74) is 1.25. The number of amides is 1. The lowest BCUT2D eigenvalue weighted by Gasteiger charge is -2.03. The Bertz CT molecular complexity index is 802. The van der Waals surface area contributed by atoms with Gasteiger partial charge in [0.15, 0.2) is 0 Å². The summed E-state index contributed by atoms with van der Waals surface area (Å²) in [6.45, 7) is 0. The average Bonchev–Trinajstić information content (AvgIpc) is 3.03. The molecule has 0 atom stereocenters. The first kappa shape index (κ1) is 14.9. The molecule has 1 heterocycles. The van der Waals surface area contributed by atoms with E-state index in [1.54, 1.807) is 6.07 Å². The van der Waals surface area contributed by atoms with Crippen molar-refractivity contribution in [1.29, 1.82) is 0 Å². The molecule has 2 aromatic carbocycles. The zero-order valence-electron chi connectivity index (χ0n) is 12.2. The van der Waals surface area contributed by atoms with Gasteiger partial charge in [-0.3, -0.25) is 4.79 Å². The standard InChI is InChI=1S/C17H14FN3O2/c18-13-7-4-8-14(11-13)19-15(22)9-10-16-20-21-17(23-16)12-5-2-1-3-6-12/h1-8,11H,9-10H2,(H,19,22). The Kier molecular flexibility index (Phi) is 4.42. The maximum atomic E-state index is 13.0. The van der Waals surface area contributed by atoms with Crippen LogP contribution in [0.4, 0.5) is 10.1 Å². The molecule has 0 spiro atoms. The van der Waals surface area contributed by atoms with Crippen molar-refractivity contribution in [3.05, 3.63) is 66.3 Å². The number of aromatic nitrogens is 2. The lowest BCUT2D eigenvalue weighted by atomic mass is 10.2. The van der Waals surface area contributed by atoms with E-state index in [1.807, 2.05) is 30.3 Å². The molecule has 3 rings (SSSR count). The van der Waals surface area contributed by atoms with Crippen LogP contribution in [0.2, 0.25) is 0 Å². The van der Waals surface area contributed by atoms with Gasteiger partial charge in [0.05, 0.1) is 0 Å². The minimum atomic E-state index is -0.396. The van der Waals surface area contributed by atoms with Crippen LogP contribution in [-0.2, 0) is 11.2 Å². The van der Waals surface area contributed by atoms with Gasteiger partial charge in [0.1, 0.15) is 5.82 Å². The second kappa shape index (κ2) is 6.83. The molecular weight excluding hydrogens is 297 g/mol. The number of nitrogens with one attached hydrogen (secondary N) is 1. The summed E-state index contributed by atoms with van der Waals surface area (Å²) >= 11 is 0. The minimum Gasteiger partial charge on any atom is -0.421 e. The van der Waals surface area contributed by atoms with Crippen molar-refractivity contribution in [3.63, 3.8) is 0 Å². The van der Waals surface area contributed by atoms with Crippen molar-refractivity contribution in [1.82, 2.24) is 10.2 Å². The van der Waals surface area contributed by atoms with E-state index in [0.29, 0.717) is 23.9 Å². The Morgan fingerprint density at radius 2 is 1.91 bits per heavy atom. The molecule has 0 radical (unpaired) electrons. The van der Waals surface area contributed by atoms with Gasteiger partial charge in [-0.2, -0.15) is 0 Å². The number of aryl methyl sites for hydroxylation is 1. The Morgan fingerprint density at radius 1 is 1.09 bits per heavy atom. The summed E-state index contributed by atoms with van der Waals surface area (Å²) in [4.78, 5) is 11.9. The largest absolute Gasteiger partial charge is 0.421 e. The Hall–Kier alpha value is -3.02. The number of carbonyl (C=O) groups excluding carboxylic acids is 1. The van der Waals surface area contributed by atoms with Crippen LogP contribution in [0, 0.1) is 5.82 Å². The molecule has 0 aliphatic rings. The molecule has 1 aromatic heterocycles. The van der Waals surface area contributed by atoms with Crippen LogP contribution in [0.1, 0.15) is 12.3 Å². The van der Waals surface area contributed by atoms with E-state index < -0.39 is 5.82 Å². The van der Waals surface area contributed by atoms with Crippen molar-refractivity contribution in [3.8, 4) is 11.5 Å². The molecule has 116 valence electrons. The third kappa shape index (κ3) is 4.00. The average molecular weight is 311 g/mol. The van der Waals surface area contributed by atoms with Crippen molar-refractivity contribution in [2.24, 2.45) is 0 Å². The van der Waals surface area contributed by atoms with Crippen LogP contribution in [0.5, 0.6) is 0 Å². The molecule has 0 saturated carbocycles. The van der Waals surface area contributed by atoms with E-state index in [-0.39, 0.29) is 12.3 Å². The molecule has 0 fully saturated rings. The summed E-state index contributed by atoms with van der Waals surface area (Å²) in [5.74, 6) is 0.173. The predicted octanol–water partition coefficient (Wildman–Crippen LogP) is 3.45. The summed E-state index contributed by atoms with van der Waals surface area (Å²) < 4.78 is 18.6. The number of carbonyl (C=O) groups is 1. The van der Waals surface area contributed by atoms with Gasteiger partial charge in [0.2, 0.25) is 17.7 Å². The maximum absolute atomic E-state index is 13.0. The number of hydrogen-bond acceptors (Lipinski definition) is 4. The van der Waals surface area contributed by atoms with Gasteiger partial charge in [0.25, 0.3) is 0 Å². The van der Waals surface area contributed by atoms with Crippen molar-refractivity contribution in [2.75, 3.05) is 5.32 Å². The number of anilines is 1. The smallest absolute Gasteiger partial charge is 0.247 e. The van der Waals surface area contributed by atoms with E-state index in [1.165, 1.54) is 18.2 Å². The van der Waals surface area contributed by atoms with Gasteiger partial charge in [0, 0.05) is 24.1 Å². The third-order valence-electron chi connectivity index (χ3n) is 3.16. The van der Waals surface area contributed by atoms with Crippen LogP contribution < -0.4 is 5.32 Å². The first-order valence-electron chi connectivity index (χ1n) is 7.14. The van der Waals surface area contributed by atoms with Gasteiger partial charge in [-0.1, -0.05) is 24.3 Å². The molecule has 23 heavy (non-hydrogen) atoms. The Morgan fingerprint density at radius 3 is 2.70 bits per heavy atom. The van der Waals surface area contributed by atoms with Gasteiger partial charge >= 0.3 is 0 Å². The first-order chi connectivity index (χ1) is 11.2. The molecule has 3 aromatic rings. The summed E-state index contributed by atoms with van der Waals surface area (Å²) in [7, 11) is 0. The molecule has 5 nitrogen and oxygen atoms in total. The van der Waals surface area contributed by atoms with Crippen LogP contribution in [0.3, 0.4) is 0 Å². The van der Waals surface area contributed by atoms with E-state index in [0.717, 1.165) is 5.56 Å². The van der Waals surface area contributed by atoms with Gasteiger partial charge in [-0.15, -0.1) is 10.2 Å². The summed E-state index contributed by atoms with van der Waals surface area (Å²) in [6.07, 6.45) is 0.494. The highest BCUT2D eigenvalue weighted by Crippen LogP contribution is 2.17. The van der Waals surface area contributed by atoms with E-state index >= 15 is 0 Å². The second-order valence-corrected chi connectivity index (χ2v) is 4.93. The van der Waals surface area contributed by atoms with Crippen LogP contribution in [0.25, 0.3) is 11.5 Å². The molecular formula is C17H14FN3O2. The van der Waals surface area contributed by atoms with E-state index in [2.05, 4.69) is 15.5 Å². The number of hydrogen-bond donors (Lipinski definition) is 1. The summed E-state index contributed by atoms with van der Waals surface area (Å²) in [6, 6.07) is 15.1. The van der Waals surface area contributed by atoms with Crippen LogP contribution in [0.15, 0.2) is 59.0 Å². The Labute approximate surface area is 132 Å². The number of halogens is 1. The fraction of sp³-hybridized carbons (Fsp3) is 0.118. The highest BCUT2D eigenvalue weighted by molar-refractivity contribution is 5.90. The fourth-order valence-electron chi connectivity index (χ4n) is 2.06. The molecule has 1 amide bonds.